The maximum absolute atomic E-state index is 12.9. The Kier molecular flexibility index (Phi) is 4.99. The van der Waals surface area contributed by atoms with Crippen molar-refractivity contribution in [1.29, 1.82) is 0 Å². The van der Waals surface area contributed by atoms with Crippen molar-refractivity contribution >= 4 is 21.4 Å². The van der Waals surface area contributed by atoms with Crippen LogP contribution in [0.2, 0.25) is 0 Å². The second-order valence-electron chi connectivity index (χ2n) is 6.04. The van der Waals surface area contributed by atoms with Gasteiger partial charge in [0.2, 0.25) is 5.91 Å². The van der Waals surface area contributed by atoms with Crippen LogP contribution < -0.4 is 4.90 Å². The third-order valence-corrected chi connectivity index (χ3v) is 6.09. The first-order chi connectivity index (χ1) is 11.1. The first-order valence-corrected chi connectivity index (χ1v) is 9.75. The van der Waals surface area contributed by atoms with Gasteiger partial charge in [0.1, 0.15) is 0 Å². The second-order valence-corrected chi connectivity index (χ2v) is 8.27. The fraction of sp³-hybridized carbons (Fsp3) is 0.562. The van der Waals surface area contributed by atoms with Crippen molar-refractivity contribution in [2.24, 2.45) is 0 Å². The lowest BCUT2D eigenvalue weighted by Crippen LogP contribution is -2.48. The zero-order valence-electron chi connectivity index (χ0n) is 13.1. The first-order valence-electron chi connectivity index (χ1n) is 7.93. The van der Waals surface area contributed by atoms with Crippen LogP contribution >= 0.6 is 0 Å². The van der Waals surface area contributed by atoms with E-state index in [0.717, 1.165) is 18.8 Å². The van der Waals surface area contributed by atoms with Gasteiger partial charge in [-0.2, -0.15) is 0 Å². The number of carbonyl (C=O) groups excluding carboxylic acids is 1. The lowest BCUT2D eigenvalue weighted by Gasteiger charge is -2.32. The zero-order chi connectivity index (χ0) is 16.3. The lowest BCUT2D eigenvalue weighted by atomic mass is 10.1. The standard InChI is InChI=1S/C16H22N2O4S/c19-16(12-17-7-9-22-10-8-17)18(14-4-2-1-3-5-14)15-6-11-23(20,21)13-15/h1-5,15H,6-13H2/t15-/m1/s1. The van der Waals surface area contributed by atoms with Gasteiger partial charge in [-0.3, -0.25) is 9.69 Å². The highest BCUT2D eigenvalue weighted by Gasteiger charge is 2.35. The minimum absolute atomic E-state index is 0.0415. The summed E-state index contributed by atoms with van der Waals surface area (Å²) < 4.78 is 29.0. The van der Waals surface area contributed by atoms with Gasteiger partial charge in [0.25, 0.3) is 0 Å². The third-order valence-electron chi connectivity index (χ3n) is 4.34. The lowest BCUT2D eigenvalue weighted by molar-refractivity contribution is -0.121. The summed E-state index contributed by atoms with van der Waals surface area (Å²) in [6, 6.07) is 9.08. The summed E-state index contributed by atoms with van der Waals surface area (Å²) in [6.07, 6.45) is 0.506. The minimum atomic E-state index is -3.04. The van der Waals surface area contributed by atoms with Gasteiger partial charge in [-0.25, -0.2) is 8.42 Å². The second kappa shape index (κ2) is 6.98. The summed E-state index contributed by atoms with van der Waals surface area (Å²) in [5.74, 6) is 0.169. The number of hydrogen-bond donors (Lipinski definition) is 0. The van der Waals surface area contributed by atoms with Crippen LogP contribution in [0.25, 0.3) is 0 Å². The van der Waals surface area contributed by atoms with Crippen LogP contribution in [0.4, 0.5) is 5.69 Å². The van der Waals surface area contributed by atoms with Crippen LogP contribution in [-0.4, -0.2) is 69.6 Å². The van der Waals surface area contributed by atoms with E-state index < -0.39 is 9.84 Å². The highest BCUT2D eigenvalue weighted by Crippen LogP contribution is 2.24. The molecule has 2 aliphatic rings. The Bertz CT molecular complexity index is 641. The smallest absolute Gasteiger partial charge is 0.241 e. The molecule has 3 rings (SSSR count). The van der Waals surface area contributed by atoms with Crippen molar-refractivity contribution < 1.29 is 17.9 Å². The number of para-hydroxylation sites is 1. The number of benzene rings is 1. The number of morpholine rings is 1. The Morgan fingerprint density at radius 1 is 1.22 bits per heavy atom. The number of amides is 1. The maximum atomic E-state index is 12.9. The van der Waals surface area contributed by atoms with Crippen LogP contribution in [0, 0.1) is 0 Å². The quantitative estimate of drug-likeness (QED) is 0.802. The fourth-order valence-electron chi connectivity index (χ4n) is 3.15. The number of sulfone groups is 1. The predicted molar refractivity (Wildman–Crippen MR) is 88.2 cm³/mol. The molecule has 7 heteroatoms. The fourth-order valence-corrected chi connectivity index (χ4v) is 4.85. The molecule has 0 aliphatic carbocycles. The predicted octanol–water partition coefficient (Wildman–Crippen LogP) is 0.539. The number of nitrogens with zero attached hydrogens (tertiary/aromatic N) is 2. The first kappa shape index (κ1) is 16.4. The molecule has 0 N–H and O–H groups in total. The van der Waals surface area contributed by atoms with E-state index in [1.165, 1.54) is 0 Å². The van der Waals surface area contributed by atoms with Crippen molar-refractivity contribution in [1.82, 2.24) is 4.90 Å². The molecule has 0 aromatic heterocycles. The summed E-state index contributed by atoms with van der Waals surface area (Å²) in [7, 11) is -3.04. The highest BCUT2D eigenvalue weighted by atomic mass is 32.2. The average molecular weight is 338 g/mol. The molecule has 23 heavy (non-hydrogen) atoms. The summed E-state index contributed by atoms with van der Waals surface area (Å²) in [6.45, 7) is 3.04. The van der Waals surface area contributed by atoms with Crippen molar-refractivity contribution in [3.8, 4) is 0 Å². The topological polar surface area (TPSA) is 66.9 Å². The van der Waals surface area contributed by atoms with E-state index in [2.05, 4.69) is 4.90 Å². The van der Waals surface area contributed by atoms with E-state index in [-0.39, 0.29) is 23.5 Å². The van der Waals surface area contributed by atoms with Gasteiger partial charge in [-0.15, -0.1) is 0 Å². The number of rotatable bonds is 4. The van der Waals surface area contributed by atoms with Gasteiger partial charge in [0.05, 0.1) is 37.3 Å². The molecule has 2 fully saturated rings. The normalized spacial score (nSPS) is 24.4. The summed E-state index contributed by atoms with van der Waals surface area (Å²) >= 11 is 0. The molecule has 0 unspecified atom stereocenters. The number of carbonyl (C=O) groups is 1. The molecular weight excluding hydrogens is 316 g/mol. The monoisotopic (exact) mass is 338 g/mol. The molecule has 1 aromatic carbocycles. The molecule has 2 aliphatic heterocycles. The molecule has 2 heterocycles. The van der Waals surface area contributed by atoms with Crippen LogP contribution in [0.1, 0.15) is 6.42 Å². The van der Waals surface area contributed by atoms with E-state index in [1.54, 1.807) is 4.90 Å². The van der Waals surface area contributed by atoms with Crippen LogP contribution in [0.5, 0.6) is 0 Å². The Morgan fingerprint density at radius 2 is 1.91 bits per heavy atom. The van der Waals surface area contributed by atoms with Crippen molar-refractivity contribution in [3.05, 3.63) is 30.3 Å². The van der Waals surface area contributed by atoms with Crippen LogP contribution in [0.15, 0.2) is 30.3 Å². The third kappa shape index (κ3) is 4.10. The molecule has 0 bridgehead atoms. The van der Waals surface area contributed by atoms with Gasteiger partial charge in [0, 0.05) is 18.8 Å². The summed E-state index contributed by atoms with van der Waals surface area (Å²) in [5, 5.41) is 0. The number of hydrogen-bond acceptors (Lipinski definition) is 5. The highest BCUT2D eigenvalue weighted by molar-refractivity contribution is 7.91. The SMILES string of the molecule is O=C(CN1CCOCC1)N(c1ccccc1)[C@@H]1CCS(=O)(=O)C1. The van der Waals surface area contributed by atoms with E-state index in [0.29, 0.717) is 26.2 Å². The molecule has 0 saturated carbocycles. The molecular formula is C16H22N2O4S. The molecule has 6 nitrogen and oxygen atoms in total. The minimum Gasteiger partial charge on any atom is -0.379 e. The molecule has 1 aromatic rings. The molecule has 0 radical (unpaired) electrons. The molecule has 126 valence electrons. The molecule has 1 amide bonds. The zero-order valence-corrected chi connectivity index (χ0v) is 13.9. The van der Waals surface area contributed by atoms with Gasteiger partial charge in [-0.05, 0) is 18.6 Å². The number of ether oxygens (including phenoxy) is 1. The maximum Gasteiger partial charge on any atom is 0.241 e. The Balaban J connectivity index is 1.78. The van der Waals surface area contributed by atoms with E-state index in [9.17, 15) is 13.2 Å². The van der Waals surface area contributed by atoms with E-state index >= 15 is 0 Å². The number of anilines is 1. The van der Waals surface area contributed by atoms with Crippen LogP contribution in [0.3, 0.4) is 0 Å². The van der Waals surface area contributed by atoms with Gasteiger partial charge in [0.15, 0.2) is 9.84 Å². The van der Waals surface area contributed by atoms with Gasteiger partial charge in [-0.1, -0.05) is 18.2 Å². The average Bonchev–Trinajstić information content (AvgIpc) is 2.89. The Hall–Kier alpha value is -1.44. The van der Waals surface area contributed by atoms with Gasteiger partial charge >= 0.3 is 0 Å². The summed E-state index contributed by atoms with van der Waals surface area (Å²) in [5.41, 5.74) is 0.771. The van der Waals surface area contributed by atoms with E-state index in [4.69, 9.17) is 4.74 Å². The van der Waals surface area contributed by atoms with Gasteiger partial charge < -0.3 is 9.64 Å². The largest absolute Gasteiger partial charge is 0.379 e. The summed E-state index contributed by atoms with van der Waals surface area (Å²) in [4.78, 5) is 16.6. The molecule has 1 atom stereocenters. The molecule has 2 saturated heterocycles. The Morgan fingerprint density at radius 3 is 2.52 bits per heavy atom. The Labute approximate surface area is 136 Å². The van der Waals surface area contributed by atoms with Crippen molar-refractivity contribution in [3.63, 3.8) is 0 Å². The molecule has 0 spiro atoms. The van der Waals surface area contributed by atoms with E-state index in [1.807, 2.05) is 30.3 Å². The van der Waals surface area contributed by atoms with Crippen molar-refractivity contribution in [2.75, 3.05) is 49.3 Å². The van der Waals surface area contributed by atoms with Crippen molar-refractivity contribution in [2.45, 2.75) is 12.5 Å². The van der Waals surface area contributed by atoms with Crippen LogP contribution in [-0.2, 0) is 19.4 Å².